The first-order chi connectivity index (χ1) is 12.6. The van der Waals surface area contributed by atoms with Crippen molar-refractivity contribution in [1.82, 2.24) is 9.88 Å². The van der Waals surface area contributed by atoms with Crippen LogP contribution in [0.25, 0.3) is 11.1 Å². The Balaban J connectivity index is 1.38. The number of para-hydroxylation sites is 2. The summed E-state index contributed by atoms with van der Waals surface area (Å²) >= 11 is 1.79. The zero-order valence-corrected chi connectivity index (χ0v) is 15.6. The molecule has 0 spiro atoms. The van der Waals surface area contributed by atoms with E-state index in [9.17, 15) is 9.59 Å². The zero-order chi connectivity index (χ0) is 18.4. The molecule has 5 nitrogen and oxygen atoms in total. The number of hydrogen-bond donors (Lipinski definition) is 1. The molecule has 0 atom stereocenters. The summed E-state index contributed by atoms with van der Waals surface area (Å²) in [7, 11) is 0. The number of carbonyl (C=O) groups excluding carboxylic acids is 1. The van der Waals surface area contributed by atoms with Gasteiger partial charge in [0.05, 0.1) is 5.52 Å². The van der Waals surface area contributed by atoms with Gasteiger partial charge in [0.2, 0.25) is 5.91 Å². The fourth-order valence-electron chi connectivity index (χ4n) is 2.66. The number of carbonyl (C=O) groups is 1. The third-order valence-corrected chi connectivity index (χ3v) is 5.12. The number of aromatic nitrogens is 1. The van der Waals surface area contributed by atoms with Crippen LogP contribution in [0.4, 0.5) is 0 Å². The van der Waals surface area contributed by atoms with Gasteiger partial charge in [-0.15, -0.1) is 0 Å². The van der Waals surface area contributed by atoms with Crippen molar-refractivity contribution >= 4 is 28.8 Å². The maximum atomic E-state index is 12.0. The van der Waals surface area contributed by atoms with Crippen molar-refractivity contribution < 1.29 is 9.21 Å². The van der Waals surface area contributed by atoms with Crippen molar-refractivity contribution in [3.05, 3.63) is 70.2 Å². The fraction of sp³-hybridized carbons (Fsp3) is 0.300. The van der Waals surface area contributed by atoms with Crippen LogP contribution in [0.15, 0.2) is 57.7 Å². The van der Waals surface area contributed by atoms with Gasteiger partial charge in [-0.2, -0.15) is 11.8 Å². The predicted octanol–water partition coefficient (Wildman–Crippen LogP) is 3.34. The van der Waals surface area contributed by atoms with E-state index in [1.54, 1.807) is 17.8 Å². The van der Waals surface area contributed by atoms with Crippen molar-refractivity contribution in [2.24, 2.45) is 0 Å². The molecule has 3 rings (SSSR count). The van der Waals surface area contributed by atoms with E-state index in [1.807, 2.05) is 18.2 Å². The number of aryl methyl sites for hydroxylation is 2. The van der Waals surface area contributed by atoms with Crippen LogP contribution in [0.2, 0.25) is 0 Å². The predicted molar refractivity (Wildman–Crippen MR) is 105 cm³/mol. The van der Waals surface area contributed by atoms with Gasteiger partial charge in [-0.3, -0.25) is 9.36 Å². The average molecular weight is 370 g/mol. The number of hydrogen-bond acceptors (Lipinski definition) is 4. The fourth-order valence-corrected chi connectivity index (χ4v) is 3.48. The van der Waals surface area contributed by atoms with Gasteiger partial charge < -0.3 is 9.73 Å². The minimum absolute atomic E-state index is 0.0573. The molecule has 1 N–H and O–H groups in total. The highest BCUT2D eigenvalue weighted by molar-refractivity contribution is 7.98. The molecular weight excluding hydrogens is 348 g/mol. The molecule has 0 aliphatic carbocycles. The third kappa shape index (κ3) is 4.79. The Kier molecular flexibility index (Phi) is 6.17. The normalized spacial score (nSPS) is 11.0. The van der Waals surface area contributed by atoms with Gasteiger partial charge in [-0.25, -0.2) is 4.79 Å². The molecule has 0 unspecified atom stereocenters. The molecule has 2 aromatic carbocycles. The second-order valence-electron chi connectivity index (χ2n) is 6.13. The van der Waals surface area contributed by atoms with Crippen molar-refractivity contribution in [2.75, 3.05) is 12.3 Å². The SMILES string of the molecule is Cc1ccc(CSCCNC(=O)CCn2c(=O)oc3ccccc32)cc1. The van der Waals surface area contributed by atoms with Gasteiger partial charge in [-0.05, 0) is 24.6 Å². The minimum atomic E-state index is -0.423. The first-order valence-electron chi connectivity index (χ1n) is 8.62. The Hall–Kier alpha value is -2.47. The van der Waals surface area contributed by atoms with Gasteiger partial charge in [0, 0.05) is 31.0 Å². The van der Waals surface area contributed by atoms with Crippen LogP contribution in [0.5, 0.6) is 0 Å². The third-order valence-electron chi connectivity index (χ3n) is 4.09. The highest BCUT2D eigenvalue weighted by Gasteiger charge is 2.10. The van der Waals surface area contributed by atoms with Gasteiger partial charge in [-0.1, -0.05) is 42.0 Å². The van der Waals surface area contributed by atoms with Crippen LogP contribution in [-0.4, -0.2) is 22.8 Å². The van der Waals surface area contributed by atoms with E-state index in [-0.39, 0.29) is 12.3 Å². The summed E-state index contributed by atoms with van der Waals surface area (Å²) in [6.07, 6.45) is 0.256. The lowest BCUT2D eigenvalue weighted by atomic mass is 10.2. The van der Waals surface area contributed by atoms with Crippen LogP contribution >= 0.6 is 11.8 Å². The van der Waals surface area contributed by atoms with Crippen molar-refractivity contribution in [1.29, 1.82) is 0 Å². The summed E-state index contributed by atoms with van der Waals surface area (Å²) in [6.45, 7) is 3.02. The molecule has 3 aromatic rings. The first-order valence-corrected chi connectivity index (χ1v) is 9.77. The van der Waals surface area contributed by atoms with Crippen LogP contribution in [0, 0.1) is 6.92 Å². The number of rotatable bonds is 8. The summed E-state index contributed by atoms with van der Waals surface area (Å²) in [5.74, 6) is 1.31. The second-order valence-corrected chi connectivity index (χ2v) is 7.23. The summed E-state index contributed by atoms with van der Waals surface area (Å²) < 4.78 is 6.67. The summed E-state index contributed by atoms with van der Waals surface area (Å²) in [6, 6.07) is 15.7. The lowest BCUT2D eigenvalue weighted by Crippen LogP contribution is -2.28. The Morgan fingerprint density at radius 2 is 1.92 bits per heavy atom. The summed E-state index contributed by atoms with van der Waals surface area (Å²) in [5, 5.41) is 2.90. The van der Waals surface area contributed by atoms with Gasteiger partial charge in [0.1, 0.15) is 0 Å². The lowest BCUT2D eigenvalue weighted by Gasteiger charge is -2.06. The molecule has 136 valence electrons. The van der Waals surface area contributed by atoms with Gasteiger partial charge in [0.15, 0.2) is 5.58 Å². The summed E-state index contributed by atoms with van der Waals surface area (Å²) in [5.41, 5.74) is 3.82. The van der Waals surface area contributed by atoms with E-state index in [4.69, 9.17) is 4.42 Å². The molecule has 1 aromatic heterocycles. The molecule has 0 radical (unpaired) electrons. The topological polar surface area (TPSA) is 64.2 Å². The maximum Gasteiger partial charge on any atom is 0.419 e. The standard InChI is InChI=1S/C20H22N2O3S/c1-15-6-8-16(9-7-15)14-26-13-11-21-19(23)10-12-22-17-4-2-3-5-18(17)25-20(22)24/h2-9H,10-14H2,1H3,(H,21,23). The number of nitrogens with one attached hydrogen (secondary N) is 1. The van der Waals surface area contributed by atoms with E-state index >= 15 is 0 Å². The number of nitrogens with zero attached hydrogens (tertiary/aromatic N) is 1. The molecule has 0 fully saturated rings. The van der Waals surface area contributed by atoms with Crippen molar-refractivity contribution in [3.63, 3.8) is 0 Å². The Labute approximate surface area is 156 Å². The smallest absolute Gasteiger partial charge is 0.408 e. The molecule has 1 heterocycles. The average Bonchev–Trinajstić information content (AvgIpc) is 2.96. The van der Waals surface area contributed by atoms with E-state index in [0.717, 1.165) is 17.0 Å². The van der Waals surface area contributed by atoms with E-state index in [0.29, 0.717) is 18.7 Å². The van der Waals surface area contributed by atoms with E-state index < -0.39 is 5.76 Å². The number of thioether (sulfide) groups is 1. The van der Waals surface area contributed by atoms with E-state index in [2.05, 4.69) is 36.5 Å². The largest absolute Gasteiger partial charge is 0.419 e. The Morgan fingerprint density at radius 3 is 2.73 bits per heavy atom. The molecule has 0 bridgehead atoms. The van der Waals surface area contributed by atoms with Crippen molar-refractivity contribution in [2.45, 2.75) is 25.6 Å². The van der Waals surface area contributed by atoms with Crippen LogP contribution in [0.3, 0.4) is 0 Å². The van der Waals surface area contributed by atoms with Gasteiger partial charge >= 0.3 is 5.76 Å². The molecule has 0 aliphatic rings. The molecule has 26 heavy (non-hydrogen) atoms. The second kappa shape index (κ2) is 8.76. The lowest BCUT2D eigenvalue weighted by molar-refractivity contribution is -0.121. The molecule has 1 amide bonds. The van der Waals surface area contributed by atoms with E-state index in [1.165, 1.54) is 15.7 Å². The molecule has 6 heteroatoms. The molecule has 0 aliphatic heterocycles. The highest BCUT2D eigenvalue weighted by Crippen LogP contribution is 2.13. The highest BCUT2D eigenvalue weighted by atomic mass is 32.2. The maximum absolute atomic E-state index is 12.0. The Morgan fingerprint density at radius 1 is 1.15 bits per heavy atom. The van der Waals surface area contributed by atoms with Gasteiger partial charge in [0.25, 0.3) is 0 Å². The van der Waals surface area contributed by atoms with Crippen LogP contribution in [0.1, 0.15) is 17.5 Å². The number of fused-ring (bicyclic) bond motifs is 1. The monoisotopic (exact) mass is 370 g/mol. The number of amides is 1. The van der Waals surface area contributed by atoms with Crippen LogP contribution < -0.4 is 11.1 Å². The van der Waals surface area contributed by atoms with Crippen LogP contribution in [-0.2, 0) is 17.1 Å². The van der Waals surface area contributed by atoms with Crippen molar-refractivity contribution in [3.8, 4) is 0 Å². The molecular formula is C20H22N2O3S. The first kappa shape index (κ1) is 18.3. The Bertz CT molecular complexity index is 928. The summed E-state index contributed by atoms with van der Waals surface area (Å²) in [4.78, 5) is 23.9. The number of oxazole rings is 1. The molecule has 0 saturated carbocycles. The minimum Gasteiger partial charge on any atom is -0.408 e. The quantitative estimate of drug-likeness (QED) is 0.618. The molecule has 0 saturated heterocycles. The zero-order valence-electron chi connectivity index (χ0n) is 14.7. The number of benzene rings is 2.